The van der Waals surface area contributed by atoms with Crippen molar-refractivity contribution < 1.29 is 18.7 Å². The van der Waals surface area contributed by atoms with Crippen molar-refractivity contribution in [1.29, 1.82) is 0 Å². The van der Waals surface area contributed by atoms with Gasteiger partial charge in [-0.1, -0.05) is 6.92 Å². The lowest BCUT2D eigenvalue weighted by atomic mass is 10.2. The maximum Gasteiger partial charge on any atom is 0.341 e. The number of ether oxygens (including phenoxy) is 1. The highest BCUT2D eigenvalue weighted by Crippen LogP contribution is 2.15. The predicted molar refractivity (Wildman–Crippen MR) is 58.5 cm³/mol. The molecule has 1 rings (SSSR count). The Morgan fingerprint density at radius 1 is 1.38 bits per heavy atom. The van der Waals surface area contributed by atoms with Gasteiger partial charge < -0.3 is 9.15 Å². The van der Waals surface area contributed by atoms with E-state index in [2.05, 4.69) is 0 Å². The summed E-state index contributed by atoms with van der Waals surface area (Å²) < 4.78 is 10.1. The van der Waals surface area contributed by atoms with E-state index < -0.39 is 11.6 Å². The number of carbonyl (C=O) groups is 2. The zero-order chi connectivity index (χ0) is 12.3. The molecule has 0 saturated carbocycles. The second-order valence-corrected chi connectivity index (χ2v) is 4.48. The lowest BCUT2D eigenvalue weighted by Crippen LogP contribution is -2.23. The Kier molecular flexibility index (Phi) is 3.52. The highest BCUT2D eigenvalue weighted by molar-refractivity contribution is 5.97. The number of furan rings is 1. The second kappa shape index (κ2) is 4.51. The predicted octanol–water partition coefficient (Wildman–Crippen LogP) is 2.83. The standard InChI is InChI=1S/C12H16O4/c1-5-9(13)10-6-8(7-15-10)11(14)16-12(2,3)4/h6-7H,5H2,1-4H3. The number of hydrogen-bond donors (Lipinski definition) is 0. The van der Waals surface area contributed by atoms with Gasteiger partial charge in [0.05, 0.1) is 5.56 Å². The first-order valence-corrected chi connectivity index (χ1v) is 5.18. The number of ketones is 1. The van der Waals surface area contributed by atoms with Gasteiger partial charge in [0.25, 0.3) is 0 Å². The molecule has 0 spiro atoms. The molecule has 1 heterocycles. The minimum absolute atomic E-state index is 0.130. The van der Waals surface area contributed by atoms with Gasteiger partial charge in [-0.25, -0.2) is 4.79 Å². The third kappa shape index (κ3) is 3.22. The normalized spacial score (nSPS) is 11.2. The Labute approximate surface area is 94.6 Å². The van der Waals surface area contributed by atoms with Gasteiger partial charge in [-0.3, -0.25) is 4.79 Å². The summed E-state index contributed by atoms with van der Waals surface area (Å²) in [6.45, 7) is 7.08. The van der Waals surface area contributed by atoms with Gasteiger partial charge in [0.2, 0.25) is 0 Å². The summed E-state index contributed by atoms with van der Waals surface area (Å²) in [5.41, 5.74) is -0.282. The number of esters is 1. The summed E-state index contributed by atoms with van der Waals surface area (Å²) in [5, 5.41) is 0. The molecule has 0 fully saturated rings. The van der Waals surface area contributed by atoms with Crippen LogP contribution >= 0.6 is 0 Å². The topological polar surface area (TPSA) is 56.5 Å². The first-order chi connectivity index (χ1) is 7.33. The summed E-state index contributed by atoms with van der Waals surface area (Å²) in [4.78, 5) is 22.9. The van der Waals surface area contributed by atoms with Crippen LogP contribution in [0.1, 0.15) is 55.0 Å². The Morgan fingerprint density at radius 2 is 2.00 bits per heavy atom. The monoisotopic (exact) mass is 224 g/mol. The van der Waals surface area contributed by atoms with Crippen molar-refractivity contribution in [3.8, 4) is 0 Å². The minimum Gasteiger partial charge on any atom is -0.460 e. The van der Waals surface area contributed by atoms with Crippen LogP contribution in [0.25, 0.3) is 0 Å². The van der Waals surface area contributed by atoms with Crippen LogP contribution in [0.3, 0.4) is 0 Å². The van der Waals surface area contributed by atoms with Gasteiger partial charge >= 0.3 is 5.97 Å². The number of hydrogen-bond acceptors (Lipinski definition) is 4. The van der Waals surface area contributed by atoms with Gasteiger partial charge in [0.1, 0.15) is 11.9 Å². The fourth-order valence-electron chi connectivity index (χ4n) is 1.10. The number of Topliss-reactive ketones (excluding diaryl/α,β-unsaturated/α-hetero) is 1. The maximum absolute atomic E-state index is 11.6. The molecule has 1 aromatic rings. The highest BCUT2D eigenvalue weighted by Gasteiger charge is 2.20. The van der Waals surface area contributed by atoms with Crippen molar-refractivity contribution in [2.75, 3.05) is 0 Å². The van der Waals surface area contributed by atoms with Crippen LogP contribution in [0, 0.1) is 0 Å². The average molecular weight is 224 g/mol. The highest BCUT2D eigenvalue weighted by atomic mass is 16.6. The second-order valence-electron chi connectivity index (χ2n) is 4.48. The smallest absolute Gasteiger partial charge is 0.341 e. The molecule has 16 heavy (non-hydrogen) atoms. The van der Waals surface area contributed by atoms with Crippen molar-refractivity contribution in [3.63, 3.8) is 0 Å². The van der Waals surface area contributed by atoms with Crippen molar-refractivity contribution >= 4 is 11.8 Å². The molecule has 0 aliphatic heterocycles. The van der Waals surface area contributed by atoms with Gasteiger partial charge in [-0.05, 0) is 20.8 Å². The fraction of sp³-hybridized carbons (Fsp3) is 0.500. The van der Waals surface area contributed by atoms with Crippen LogP contribution < -0.4 is 0 Å². The quantitative estimate of drug-likeness (QED) is 0.585. The van der Waals surface area contributed by atoms with E-state index >= 15 is 0 Å². The first-order valence-electron chi connectivity index (χ1n) is 5.18. The van der Waals surface area contributed by atoms with Crippen LogP contribution in [-0.4, -0.2) is 17.4 Å². The van der Waals surface area contributed by atoms with Crippen LogP contribution in [0.15, 0.2) is 16.7 Å². The van der Waals surface area contributed by atoms with E-state index in [0.29, 0.717) is 6.42 Å². The Balaban J connectivity index is 2.78. The molecule has 0 saturated heterocycles. The lowest BCUT2D eigenvalue weighted by molar-refractivity contribution is 0.00688. The fourth-order valence-corrected chi connectivity index (χ4v) is 1.10. The molecule has 0 aliphatic carbocycles. The molecule has 0 bridgehead atoms. The molecule has 0 amide bonds. The summed E-state index contributed by atoms with van der Waals surface area (Å²) >= 11 is 0. The van der Waals surface area contributed by atoms with Crippen molar-refractivity contribution in [2.24, 2.45) is 0 Å². The van der Waals surface area contributed by atoms with Crippen LogP contribution in [0.4, 0.5) is 0 Å². The van der Waals surface area contributed by atoms with Gasteiger partial charge in [0, 0.05) is 12.5 Å². The molecule has 0 aliphatic rings. The molecule has 0 unspecified atom stereocenters. The largest absolute Gasteiger partial charge is 0.460 e. The van der Waals surface area contributed by atoms with E-state index in [9.17, 15) is 9.59 Å². The molecule has 0 radical (unpaired) electrons. The van der Waals surface area contributed by atoms with E-state index in [1.165, 1.54) is 12.3 Å². The third-order valence-electron chi connectivity index (χ3n) is 1.83. The third-order valence-corrected chi connectivity index (χ3v) is 1.83. The van der Waals surface area contributed by atoms with Gasteiger partial charge in [-0.15, -0.1) is 0 Å². The van der Waals surface area contributed by atoms with E-state index in [4.69, 9.17) is 9.15 Å². The number of carbonyl (C=O) groups excluding carboxylic acids is 2. The molecule has 88 valence electrons. The Morgan fingerprint density at radius 3 is 2.50 bits per heavy atom. The molecular weight excluding hydrogens is 208 g/mol. The Hall–Kier alpha value is -1.58. The SMILES string of the molecule is CCC(=O)c1cc(C(=O)OC(C)(C)C)co1. The summed E-state index contributed by atoms with van der Waals surface area (Å²) in [6.07, 6.45) is 1.60. The molecule has 0 aromatic carbocycles. The van der Waals surface area contributed by atoms with Crippen molar-refractivity contribution in [1.82, 2.24) is 0 Å². The zero-order valence-electron chi connectivity index (χ0n) is 9.99. The summed E-state index contributed by atoms with van der Waals surface area (Å²) in [6, 6.07) is 1.42. The van der Waals surface area contributed by atoms with E-state index in [1.54, 1.807) is 27.7 Å². The van der Waals surface area contributed by atoms with Gasteiger partial charge in [0.15, 0.2) is 11.5 Å². The first kappa shape index (κ1) is 12.5. The molecule has 1 aromatic heterocycles. The van der Waals surface area contributed by atoms with Crippen LogP contribution in [0.5, 0.6) is 0 Å². The van der Waals surface area contributed by atoms with Crippen LogP contribution in [0.2, 0.25) is 0 Å². The van der Waals surface area contributed by atoms with Crippen LogP contribution in [-0.2, 0) is 4.74 Å². The molecule has 0 atom stereocenters. The maximum atomic E-state index is 11.6. The van der Waals surface area contributed by atoms with Crippen molar-refractivity contribution in [3.05, 3.63) is 23.7 Å². The van der Waals surface area contributed by atoms with E-state index in [-0.39, 0.29) is 17.1 Å². The van der Waals surface area contributed by atoms with Gasteiger partial charge in [-0.2, -0.15) is 0 Å². The minimum atomic E-state index is -0.552. The molecular formula is C12H16O4. The molecule has 4 heteroatoms. The van der Waals surface area contributed by atoms with Crippen molar-refractivity contribution in [2.45, 2.75) is 39.7 Å². The molecule has 4 nitrogen and oxygen atoms in total. The van der Waals surface area contributed by atoms with E-state index in [0.717, 1.165) is 0 Å². The lowest BCUT2D eigenvalue weighted by Gasteiger charge is -2.18. The van der Waals surface area contributed by atoms with E-state index in [1.807, 2.05) is 0 Å². The summed E-state index contributed by atoms with van der Waals surface area (Å²) in [7, 11) is 0. The zero-order valence-corrected chi connectivity index (χ0v) is 9.99. The molecule has 0 N–H and O–H groups in total. The summed E-state index contributed by atoms with van der Waals surface area (Å²) in [5.74, 6) is -0.412. The number of rotatable bonds is 3. The average Bonchev–Trinajstić information content (AvgIpc) is 2.62. The Bertz CT molecular complexity index is 395.